The number of benzene rings is 2. The lowest BCUT2D eigenvalue weighted by Crippen LogP contribution is -2.28. The Morgan fingerprint density at radius 2 is 1.86 bits per heavy atom. The fourth-order valence-corrected chi connectivity index (χ4v) is 1.73. The molecule has 1 N–H and O–H groups in total. The second-order valence-corrected chi connectivity index (χ2v) is 4.42. The highest BCUT2D eigenvalue weighted by atomic mass is 19.1. The fourth-order valence-electron chi connectivity index (χ4n) is 1.73. The first-order chi connectivity index (χ1) is 10.6. The summed E-state index contributed by atoms with van der Waals surface area (Å²) < 4.78 is 31.1. The van der Waals surface area contributed by atoms with E-state index < -0.39 is 11.6 Å². The van der Waals surface area contributed by atoms with Crippen molar-refractivity contribution in [2.75, 3.05) is 13.2 Å². The van der Waals surface area contributed by atoms with Crippen LogP contribution in [0.25, 0.3) is 0 Å². The van der Waals surface area contributed by atoms with Crippen molar-refractivity contribution in [3.8, 4) is 5.75 Å². The Labute approximate surface area is 125 Å². The van der Waals surface area contributed by atoms with Gasteiger partial charge in [0.15, 0.2) is 11.6 Å². The summed E-state index contributed by atoms with van der Waals surface area (Å²) in [4.78, 5) is 22.3. The standard InChI is InChI=1S/C16H13F2NO3/c17-13-5-6-15(14(18)9-13)22-8-7-19-16(21)12-3-1-11(10-20)2-4-12/h1-6,9-10H,7-8H2,(H,19,21). The lowest BCUT2D eigenvalue weighted by molar-refractivity contribution is 0.0946. The van der Waals surface area contributed by atoms with Gasteiger partial charge in [-0.15, -0.1) is 0 Å². The maximum atomic E-state index is 13.3. The maximum Gasteiger partial charge on any atom is 0.251 e. The Balaban J connectivity index is 1.80. The van der Waals surface area contributed by atoms with Gasteiger partial charge in [0.2, 0.25) is 0 Å². The molecule has 0 saturated heterocycles. The van der Waals surface area contributed by atoms with E-state index in [1.165, 1.54) is 30.3 Å². The molecule has 0 aromatic heterocycles. The largest absolute Gasteiger partial charge is 0.489 e. The maximum absolute atomic E-state index is 13.3. The zero-order valence-corrected chi connectivity index (χ0v) is 11.5. The molecular formula is C16H13F2NO3. The van der Waals surface area contributed by atoms with Crippen molar-refractivity contribution in [2.24, 2.45) is 0 Å². The van der Waals surface area contributed by atoms with Gasteiger partial charge in [-0.3, -0.25) is 9.59 Å². The number of hydrogen-bond donors (Lipinski definition) is 1. The molecule has 0 radical (unpaired) electrons. The predicted molar refractivity (Wildman–Crippen MR) is 76.0 cm³/mol. The van der Waals surface area contributed by atoms with Gasteiger partial charge >= 0.3 is 0 Å². The average Bonchev–Trinajstić information content (AvgIpc) is 2.53. The number of hydrogen-bond acceptors (Lipinski definition) is 3. The molecule has 0 atom stereocenters. The van der Waals surface area contributed by atoms with E-state index in [0.717, 1.165) is 12.1 Å². The molecule has 0 saturated carbocycles. The van der Waals surface area contributed by atoms with E-state index in [1.807, 2.05) is 0 Å². The van der Waals surface area contributed by atoms with Crippen LogP contribution >= 0.6 is 0 Å². The quantitative estimate of drug-likeness (QED) is 0.659. The number of amides is 1. The van der Waals surface area contributed by atoms with Crippen LogP contribution in [0.1, 0.15) is 20.7 Å². The first-order valence-electron chi connectivity index (χ1n) is 6.51. The number of aldehydes is 1. The molecule has 4 nitrogen and oxygen atoms in total. The van der Waals surface area contributed by atoms with Crippen LogP contribution in [-0.2, 0) is 0 Å². The molecule has 0 spiro atoms. The SMILES string of the molecule is O=Cc1ccc(C(=O)NCCOc2ccc(F)cc2F)cc1. The molecule has 0 aliphatic heterocycles. The smallest absolute Gasteiger partial charge is 0.251 e. The third-order valence-electron chi connectivity index (χ3n) is 2.85. The van der Waals surface area contributed by atoms with E-state index in [1.54, 1.807) is 0 Å². The Kier molecular flexibility index (Phi) is 5.19. The summed E-state index contributed by atoms with van der Waals surface area (Å²) in [6.07, 6.45) is 0.687. The van der Waals surface area contributed by atoms with Crippen LogP contribution in [0, 0.1) is 11.6 Å². The Hall–Kier alpha value is -2.76. The Morgan fingerprint density at radius 1 is 1.14 bits per heavy atom. The molecule has 0 fully saturated rings. The third kappa shape index (κ3) is 4.12. The van der Waals surface area contributed by atoms with Crippen LogP contribution < -0.4 is 10.1 Å². The van der Waals surface area contributed by atoms with Gasteiger partial charge in [-0.05, 0) is 24.3 Å². The van der Waals surface area contributed by atoms with Crippen LogP contribution in [0.5, 0.6) is 5.75 Å². The van der Waals surface area contributed by atoms with E-state index in [9.17, 15) is 18.4 Å². The third-order valence-corrected chi connectivity index (χ3v) is 2.85. The molecule has 0 aliphatic carbocycles. The van der Waals surface area contributed by atoms with Gasteiger partial charge in [-0.1, -0.05) is 12.1 Å². The number of nitrogens with one attached hydrogen (secondary N) is 1. The fraction of sp³-hybridized carbons (Fsp3) is 0.125. The summed E-state index contributed by atoms with van der Waals surface area (Å²) in [5.74, 6) is -1.89. The summed E-state index contributed by atoms with van der Waals surface area (Å²) in [6.45, 7) is 0.200. The number of carbonyl (C=O) groups excluding carboxylic acids is 2. The monoisotopic (exact) mass is 305 g/mol. The molecule has 0 aliphatic rings. The lowest BCUT2D eigenvalue weighted by Gasteiger charge is -2.08. The molecule has 0 heterocycles. The van der Waals surface area contributed by atoms with E-state index in [-0.39, 0.29) is 24.8 Å². The second-order valence-electron chi connectivity index (χ2n) is 4.42. The summed E-state index contributed by atoms with van der Waals surface area (Å²) in [5, 5.41) is 2.59. The predicted octanol–water partition coefficient (Wildman–Crippen LogP) is 2.59. The van der Waals surface area contributed by atoms with E-state index in [0.29, 0.717) is 17.4 Å². The molecule has 1 amide bonds. The van der Waals surface area contributed by atoms with Crippen LogP contribution in [-0.4, -0.2) is 25.3 Å². The van der Waals surface area contributed by atoms with Crippen LogP contribution in [0.2, 0.25) is 0 Å². The minimum Gasteiger partial charge on any atom is -0.489 e. The molecule has 2 aromatic carbocycles. The number of carbonyl (C=O) groups is 2. The van der Waals surface area contributed by atoms with E-state index in [4.69, 9.17) is 4.74 Å². The average molecular weight is 305 g/mol. The van der Waals surface area contributed by atoms with Crippen molar-refractivity contribution < 1.29 is 23.1 Å². The van der Waals surface area contributed by atoms with E-state index >= 15 is 0 Å². The lowest BCUT2D eigenvalue weighted by atomic mass is 10.1. The summed E-state index contributed by atoms with van der Waals surface area (Å²) in [5.41, 5.74) is 0.880. The van der Waals surface area contributed by atoms with Gasteiger partial charge in [0.25, 0.3) is 5.91 Å². The second kappa shape index (κ2) is 7.31. The van der Waals surface area contributed by atoms with Crippen LogP contribution in [0.15, 0.2) is 42.5 Å². The minimum absolute atomic E-state index is 0.0424. The normalized spacial score (nSPS) is 10.1. The highest BCUT2D eigenvalue weighted by molar-refractivity contribution is 5.94. The van der Waals surface area contributed by atoms with Crippen LogP contribution in [0.4, 0.5) is 8.78 Å². The molecule has 6 heteroatoms. The van der Waals surface area contributed by atoms with Gasteiger partial charge in [-0.2, -0.15) is 0 Å². The molecule has 114 valence electrons. The molecule has 22 heavy (non-hydrogen) atoms. The first-order valence-corrected chi connectivity index (χ1v) is 6.51. The first kappa shape index (κ1) is 15.6. The number of halogens is 2. The van der Waals surface area contributed by atoms with E-state index in [2.05, 4.69) is 5.32 Å². The topological polar surface area (TPSA) is 55.4 Å². The van der Waals surface area contributed by atoms with Crippen LogP contribution in [0.3, 0.4) is 0 Å². The molecular weight excluding hydrogens is 292 g/mol. The summed E-state index contributed by atoms with van der Waals surface area (Å²) in [7, 11) is 0. The molecule has 0 unspecified atom stereocenters. The minimum atomic E-state index is -0.796. The van der Waals surface area contributed by atoms with Gasteiger partial charge in [0, 0.05) is 17.2 Å². The van der Waals surface area contributed by atoms with Crippen molar-refractivity contribution in [3.63, 3.8) is 0 Å². The highest BCUT2D eigenvalue weighted by Gasteiger charge is 2.06. The van der Waals surface area contributed by atoms with Gasteiger partial charge < -0.3 is 10.1 Å². The molecule has 2 aromatic rings. The number of rotatable bonds is 6. The van der Waals surface area contributed by atoms with Gasteiger partial charge in [0.05, 0.1) is 6.54 Å². The summed E-state index contributed by atoms with van der Waals surface area (Å²) >= 11 is 0. The van der Waals surface area contributed by atoms with Gasteiger partial charge in [0.1, 0.15) is 18.7 Å². The zero-order chi connectivity index (χ0) is 15.9. The van der Waals surface area contributed by atoms with Crippen molar-refractivity contribution in [2.45, 2.75) is 0 Å². The summed E-state index contributed by atoms with van der Waals surface area (Å²) in [6, 6.07) is 9.12. The Bertz CT molecular complexity index is 672. The van der Waals surface area contributed by atoms with Crippen molar-refractivity contribution >= 4 is 12.2 Å². The Morgan fingerprint density at radius 3 is 2.50 bits per heavy atom. The molecule has 0 bridgehead atoms. The van der Waals surface area contributed by atoms with Gasteiger partial charge in [-0.25, -0.2) is 8.78 Å². The molecule has 2 rings (SSSR count). The zero-order valence-electron chi connectivity index (χ0n) is 11.5. The highest BCUT2D eigenvalue weighted by Crippen LogP contribution is 2.17. The number of ether oxygens (including phenoxy) is 1. The van der Waals surface area contributed by atoms with Crippen molar-refractivity contribution in [3.05, 3.63) is 65.2 Å². The van der Waals surface area contributed by atoms with Crippen molar-refractivity contribution in [1.29, 1.82) is 0 Å². The van der Waals surface area contributed by atoms with Crippen molar-refractivity contribution in [1.82, 2.24) is 5.32 Å².